The highest BCUT2D eigenvalue weighted by atomic mass is 32.2. The largest absolute Gasteiger partial charge is 0.495 e. The van der Waals surface area contributed by atoms with Gasteiger partial charge in [-0.2, -0.15) is 0 Å². The summed E-state index contributed by atoms with van der Waals surface area (Å²) in [6.45, 7) is 0.590. The first-order valence-corrected chi connectivity index (χ1v) is 9.61. The fraction of sp³-hybridized carbons (Fsp3) is 0.467. The summed E-state index contributed by atoms with van der Waals surface area (Å²) in [6.07, 6.45) is 1.23. The number of nitrogens with zero attached hydrogens (tertiary/aromatic N) is 1. The molecule has 1 heterocycles. The number of ether oxygens (including phenoxy) is 1. The molecule has 1 aliphatic rings. The number of anilines is 1. The Bertz CT molecular complexity index is 737. The average molecular weight is 370 g/mol. The summed E-state index contributed by atoms with van der Waals surface area (Å²) in [5, 5.41) is 5.26. The molecule has 1 fully saturated rings. The van der Waals surface area contributed by atoms with Crippen LogP contribution >= 0.6 is 0 Å². The second kappa shape index (κ2) is 8.17. The minimum absolute atomic E-state index is 0.100. The summed E-state index contributed by atoms with van der Waals surface area (Å²) >= 11 is 0. The summed E-state index contributed by atoms with van der Waals surface area (Å²) in [4.78, 5) is 25.6. The van der Waals surface area contributed by atoms with E-state index in [1.807, 2.05) is 12.1 Å². The number of carbonyl (C=O) groups excluding carboxylic acids is 2. The molecule has 0 aromatic heterocycles. The third kappa shape index (κ3) is 5.61. The lowest BCUT2D eigenvalue weighted by molar-refractivity contribution is -0.117. The van der Waals surface area contributed by atoms with Crippen molar-refractivity contribution in [1.82, 2.24) is 15.4 Å². The molecule has 25 heavy (non-hydrogen) atoms. The number of hydrogen-bond donors (Lipinski definition) is 3. The van der Waals surface area contributed by atoms with E-state index in [0.29, 0.717) is 18.0 Å². The number of sulfonamides is 1. The molecule has 2 rings (SSSR count). The minimum Gasteiger partial charge on any atom is -0.495 e. The molecule has 0 aliphatic carbocycles. The van der Waals surface area contributed by atoms with Crippen molar-refractivity contribution >= 4 is 27.6 Å². The molecule has 1 saturated heterocycles. The maximum absolute atomic E-state index is 12.2. The maximum Gasteiger partial charge on any atom is 0.315 e. The van der Waals surface area contributed by atoms with Crippen LogP contribution in [0.15, 0.2) is 24.3 Å². The second-order valence-electron chi connectivity index (χ2n) is 5.64. The maximum atomic E-state index is 12.2. The SMILES string of the molecule is COc1ccccc1N1C[C@H](NC(=O)NCCNS(C)(=O)=O)CC1=O. The number of nitrogens with one attached hydrogen (secondary N) is 3. The number of amides is 3. The zero-order chi connectivity index (χ0) is 18.4. The molecule has 1 aliphatic heterocycles. The van der Waals surface area contributed by atoms with Gasteiger partial charge in [0.2, 0.25) is 15.9 Å². The van der Waals surface area contributed by atoms with Gasteiger partial charge in [-0.15, -0.1) is 0 Å². The molecular weight excluding hydrogens is 348 g/mol. The predicted octanol–water partition coefficient (Wildman–Crippen LogP) is -0.351. The van der Waals surface area contributed by atoms with E-state index in [0.717, 1.165) is 6.26 Å². The normalized spacial score (nSPS) is 17.4. The Morgan fingerprint density at radius 1 is 1.32 bits per heavy atom. The molecule has 0 bridgehead atoms. The van der Waals surface area contributed by atoms with Gasteiger partial charge in [0.05, 0.1) is 25.1 Å². The number of benzene rings is 1. The third-order valence-corrected chi connectivity index (χ3v) is 4.34. The Labute approximate surface area is 146 Å². The molecule has 138 valence electrons. The van der Waals surface area contributed by atoms with Gasteiger partial charge in [-0.05, 0) is 12.1 Å². The van der Waals surface area contributed by atoms with Crippen LogP contribution in [-0.4, -0.2) is 59.4 Å². The second-order valence-corrected chi connectivity index (χ2v) is 7.48. The van der Waals surface area contributed by atoms with E-state index in [4.69, 9.17) is 4.74 Å². The van der Waals surface area contributed by atoms with Gasteiger partial charge in [0.15, 0.2) is 0 Å². The fourth-order valence-corrected chi connectivity index (χ4v) is 3.01. The van der Waals surface area contributed by atoms with Crippen LogP contribution in [0.1, 0.15) is 6.42 Å². The van der Waals surface area contributed by atoms with Crippen molar-refractivity contribution in [2.24, 2.45) is 0 Å². The molecule has 3 amide bonds. The molecule has 0 spiro atoms. The van der Waals surface area contributed by atoms with Crippen LogP contribution in [0.5, 0.6) is 5.75 Å². The highest BCUT2D eigenvalue weighted by Crippen LogP contribution is 2.30. The number of methoxy groups -OCH3 is 1. The smallest absolute Gasteiger partial charge is 0.315 e. The van der Waals surface area contributed by atoms with Gasteiger partial charge in [0.1, 0.15) is 5.75 Å². The fourth-order valence-electron chi connectivity index (χ4n) is 2.54. The summed E-state index contributed by atoms with van der Waals surface area (Å²) in [7, 11) is -1.75. The molecule has 10 heteroatoms. The summed E-state index contributed by atoms with van der Waals surface area (Å²) in [5.74, 6) is 0.487. The van der Waals surface area contributed by atoms with Crippen molar-refractivity contribution in [1.29, 1.82) is 0 Å². The Kier molecular flexibility index (Phi) is 6.21. The van der Waals surface area contributed by atoms with Crippen LogP contribution in [0.3, 0.4) is 0 Å². The lowest BCUT2D eigenvalue weighted by atomic mass is 10.2. The van der Waals surface area contributed by atoms with E-state index < -0.39 is 16.1 Å². The van der Waals surface area contributed by atoms with Crippen LogP contribution in [-0.2, 0) is 14.8 Å². The van der Waals surface area contributed by atoms with Crippen LogP contribution in [0, 0.1) is 0 Å². The van der Waals surface area contributed by atoms with Gasteiger partial charge in [-0.1, -0.05) is 12.1 Å². The van der Waals surface area contributed by atoms with Crippen molar-refractivity contribution in [3.63, 3.8) is 0 Å². The first-order chi connectivity index (χ1) is 11.8. The Hall–Kier alpha value is -2.33. The van der Waals surface area contributed by atoms with E-state index in [1.54, 1.807) is 17.0 Å². The predicted molar refractivity (Wildman–Crippen MR) is 93.1 cm³/mol. The Morgan fingerprint density at radius 2 is 2.04 bits per heavy atom. The van der Waals surface area contributed by atoms with Crippen molar-refractivity contribution in [3.05, 3.63) is 24.3 Å². The van der Waals surface area contributed by atoms with Crippen molar-refractivity contribution in [2.45, 2.75) is 12.5 Å². The van der Waals surface area contributed by atoms with Crippen LogP contribution in [0.4, 0.5) is 10.5 Å². The zero-order valence-electron chi connectivity index (χ0n) is 14.1. The first kappa shape index (κ1) is 19.0. The van der Waals surface area contributed by atoms with Gasteiger partial charge >= 0.3 is 6.03 Å². The van der Waals surface area contributed by atoms with Gasteiger partial charge in [-0.25, -0.2) is 17.9 Å². The number of carbonyl (C=O) groups is 2. The zero-order valence-corrected chi connectivity index (χ0v) is 14.9. The van der Waals surface area contributed by atoms with Crippen molar-refractivity contribution in [3.8, 4) is 5.75 Å². The standard InChI is InChI=1S/C15H22N4O5S/c1-24-13-6-4-3-5-12(13)19-10-11(9-14(19)20)18-15(21)16-7-8-17-25(2,22)23/h3-6,11,17H,7-10H2,1-2H3,(H2,16,18,21)/t11-/m1/s1. The van der Waals surface area contributed by atoms with E-state index in [-0.39, 0.29) is 31.5 Å². The van der Waals surface area contributed by atoms with Crippen LogP contribution < -0.4 is 25.0 Å². The van der Waals surface area contributed by atoms with E-state index >= 15 is 0 Å². The first-order valence-electron chi connectivity index (χ1n) is 7.72. The molecule has 0 radical (unpaired) electrons. The highest BCUT2D eigenvalue weighted by Gasteiger charge is 2.32. The van der Waals surface area contributed by atoms with Crippen LogP contribution in [0.25, 0.3) is 0 Å². The summed E-state index contributed by atoms with van der Waals surface area (Å²) < 4.78 is 29.4. The third-order valence-electron chi connectivity index (χ3n) is 3.61. The van der Waals surface area contributed by atoms with Crippen LogP contribution in [0.2, 0.25) is 0 Å². The monoisotopic (exact) mass is 370 g/mol. The van der Waals surface area contributed by atoms with Crippen molar-refractivity contribution < 1.29 is 22.7 Å². The molecule has 1 aromatic carbocycles. The lowest BCUT2D eigenvalue weighted by Gasteiger charge is -2.19. The number of para-hydroxylation sites is 2. The topological polar surface area (TPSA) is 117 Å². The molecule has 3 N–H and O–H groups in total. The molecule has 1 atom stereocenters. The average Bonchev–Trinajstić information content (AvgIpc) is 2.90. The highest BCUT2D eigenvalue weighted by molar-refractivity contribution is 7.88. The minimum atomic E-state index is -3.28. The van der Waals surface area contributed by atoms with E-state index in [1.165, 1.54) is 7.11 Å². The Balaban J connectivity index is 1.85. The van der Waals surface area contributed by atoms with Gasteiger partial charge in [0.25, 0.3) is 0 Å². The van der Waals surface area contributed by atoms with E-state index in [9.17, 15) is 18.0 Å². The lowest BCUT2D eigenvalue weighted by Crippen LogP contribution is -2.45. The van der Waals surface area contributed by atoms with E-state index in [2.05, 4.69) is 15.4 Å². The number of rotatable bonds is 7. The van der Waals surface area contributed by atoms with Crippen molar-refractivity contribution in [2.75, 3.05) is 37.9 Å². The number of urea groups is 1. The molecule has 0 unspecified atom stereocenters. The molecule has 1 aromatic rings. The summed E-state index contributed by atoms with van der Waals surface area (Å²) in [6, 6.07) is 6.40. The van der Waals surface area contributed by atoms with Gasteiger partial charge in [0, 0.05) is 26.1 Å². The Morgan fingerprint density at radius 3 is 2.72 bits per heavy atom. The quantitative estimate of drug-likeness (QED) is 0.567. The van der Waals surface area contributed by atoms with Gasteiger partial charge in [-0.3, -0.25) is 4.79 Å². The van der Waals surface area contributed by atoms with Gasteiger partial charge < -0.3 is 20.3 Å². The molecule has 9 nitrogen and oxygen atoms in total. The molecular formula is C15H22N4O5S. The summed E-state index contributed by atoms with van der Waals surface area (Å²) in [5.41, 5.74) is 0.664. The number of hydrogen-bond acceptors (Lipinski definition) is 5. The molecule has 0 saturated carbocycles.